The third-order valence-corrected chi connectivity index (χ3v) is 1.94. The second kappa shape index (κ2) is 3.88. The van der Waals surface area contributed by atoms with Crippen molar-refractivity contribution in [3.05, 3.63) is 23.8 Å². The highest BCUT2D eigenvalue weighted by Crippen LogP contribution is 2.32. The fourth-order valence-corrected chi connectivity index (χ4v) is 1.28. The maximum Gasteiger partial charge on any atom is 0.231 e. The number of nitrogens with one attached hydrogen (secondary N) is 1. The topological polar surface area (TPSA) is 30.5 Å². The Labute approximate surface area is 95.3 Å². The van der Waals surface area contributed by atoms with Gasteiger partial charge in [0.15, 0.2) is 11.5 Å². The first-order valence-corrected chi connectivity index (χ1v) is 4.13. The Kier molecular flexibility index (Phi) is 1.04. The Morgan fingerprint density at radius 1 is 1.64 bits per heavy atom. The summed E-state index contributed by atoms with van der Waals surface area (Å²) < 4.78 is 70.1. The molecule has 14 heavy (non-hydrogen) atoms. The van der Waals surface area contributed by atoms with Crippen LogP contribution in [0.15, 0.2) is 18.2 Å². The molecule has 2 rings (SSSR count). The summed E-state index contributed by atoms with van der Waals surface area (Å²) in [5.74, 6) is 0.891. The molecule has 76 valence electrons. The second-order valence-corrected chi connectivity index (χ2v) is 2.92. The summed E-state index contributed by atoms with van der Waals surface area (Å²) in [5.41, 5.74) is 0.372. The van der Waals surface area contributed by atoms with Crippen LogP contribution in [0.3, 0.4) is 0 Å². The first-order valence-electron chi connectivity index (χ1n) is 8.08. The van der Waals surface area contributed by atoms with Crippen molar-refractivity contribution in [2.75, 3.05) is 13.8 Å². The lowest BCUT2D eigenvalue weighted by Gasteiger charge is -2.09. The van der Waals surface area contributed by atoms with E-state index in [1.54, 1.807) is 6.07 Å². The normalized spacial score (nSPS) is 28.4. The highest BCUT2D eigenvalue weighted by Gasteiger charge is 2.13. The van der Waals surface area contributed by atoms with Gasteiger partial charge in [-0.05, 0) is 37.9 Å². The van der Waals surface area contributed by atoms with Crippen molar-refractivity contribution in [1.82, 2.24) is 5.31 Å². The number of likely N-dealkylation sites (N-methyl/N-ethyl adjacent to an activating group) is 1. The number of hydrogen-bond acceptors (Lipinski definition) is 3. The van der Waals surface area contributed by atoms with Gasteiger partial charge < -0.3 is 14.8 Å². The fraction of sp³-hybridized carbons (Fsp3) is 0.455. The van der Waals surface area contributed by atoms with E-state index in [1.807, 2.05) is 0 Å². The molecule has 0 fully saturated rings. The molecule has 0 aliphatic carbocycles. The number of ether oxygens (including phenoxy) is 2. The van der Waals surface area contributed by atoms with Crippen LogP contribution < -0.4 is 14.8 Å². The van der Waals surface area contributed by atoms with E-state index in [2.05, 4.69) is 0 Å². The van der Waals surface area contributed by atoms with Gasteiger partial charge in [0.1, 0.15) is 1.41 Å². The maximum absolute atomic E-state index is 8.11. The van der Waals surface area contributed by atoms with Gasteiger partial charge in [0.2, 0.25) is 6.79 Å². The minimum atomic E-state index is -3.02. The monoisotopic (exact) mass is 201 g/mol. The molecule has 0 radical (unpaired) electrons. The SMILES string of the molecule is [2H]N(C([2H])([2H])[2H])C([2H])(Cc1ccc2c(c1)OCO2)C([2H])([2H])[2H]. The molecule has 0 amide bonds. The van der Waals surface area contributed by atoms with Gasteiger partial charge in [-0.2, -0.15) is 0 Å². The first kappa shape index (κ1) is 3.74. The number of fused-ring (bicyclic) bond motifs is 1. The third-order valence-electron chi connectivity index (χ3n) is 1.94. The average Bonchev–Trinajstić information content (AvgIpc) is 2.82. The zero-order valence-corrected chi connectivity index (χ0v) is 7.41. The molecule has 1 unspecified atom stereocenters. The van der Waals surface area contributed by atoms with Crippen LogP contribution in [0, 0.1) is 0 Å². The van der Waals surface area contributed by atoms with E-state index in [9.17, 15) is 0 Å². The third kappa shape index (κ3) is 1.82. The summed E-state index contributed by atoms with van der Waals surface area (Å²) in [6.45, 7) is -5.96. The van der Waals surface area contributed by atoms with Gasteiger partial charge in [0.05, 0.1) is 0 Å². The number of benzene rings is 1. The Hall–Kier alpha value is -1.22. The van der Waals surface area contributed by atoms with Crippen LogP contribution in [-0.2, 0) is 6.42 Å². The smallest absolute Gasteiger partial charge is 0.231 e. The minimum absolute atomic E-state index is 0.0456. The van der Waals surface area contributed by atoms with Crippen LogP contribution in [-0.4, -0.2) is 19.8 Å². The molecule has 0 spiro atoms. The van der Waals surface area contributed by atoms with Crippen LogP contribution in [0.25, 0.3) is 0 Å². The highest BCUT2D eigenvalue weighted by atomic mass is 16.7. The van der Waals surface area contributed by atoms with Crippen molar-refractivity contribution >= 4 is 0 Å². The Morgan fingerprint density at radius 3 is 3.43 bits per heavy atom. The highest BCUT2D eigenvalue weighted by molar-refractivity contribution is 5.44. The van der Waals surface area contributed by atoms with Crippen LogP contribution >= 0.6 is 0 Å². The van der Waals surface area contributed by atoms with Gasteiger partial charge in [-0.1, -0.05) is 6.07 Å². The lowest BCUT2D eigenvalue weighted by Crippen LogP contribution is -2.23. The minimum Gasteiger partial charge on any atom is -0.454 e. The molecule has 1 aliphatic heterocycles. The molecule has 0 bridgehead atoms. The molecule has 0 saturated heterocycles. The van der Waals surface area contributed by atoms with Gasteiger partial charge in [-0.3, -0.25) is 0 Å². The van der Waals surface area contributed by atoms with Gasteiger partial charge in [-0.15, -0.1) is 0 Å². The van der Waals surface area contributed by atoms with E-state index in [0.717, 1.165) is 0 Å². The largest absolute Gasteiger partial charge is 0.454 e. The summed E-state index contributed by atoms with van der Waals surface area (Å²) in [6.07, 6.45) is -0.470. The van der Waals surface area contributed by atoms with Crippen LogP contribution in [0.5, 0.6) is 11.5 Å². The Morgan fingerprint density at radius 2 is 2.57 bits per heavy atom. The van der Waals surface area contributed by atoms with Crippen molar-refractivity contribution in [1.29, 1.82) is 0 Å². The Balaban J connectivity index is 2.35. The zero-order chi connectivity index (χ0) is 16.8. The summed E-state index contributed by atoms with van der Waals surface area (Å²) in [6, 6.07) is 1.95. The van der Waals surface area contributed by atoms with Crippen molar-refractivity contribution in [2.24, 2.45) is 0 Å². The first-order chi connectivity index (χ1) is 9.95. The molecule has 1 aliphatic rings. The van der Waals surface area contributed by atoms with Gasteiger partial charge >= 0.3 is 0 Å². The molecular formula is C11H15NO2. The lowest BCUT2D eigenvalue weighted by atomic mass is 10.1. The van der Waals surface area contributed by atoms with Crippen molar-refractivity contribution in [3.8, 4) is 11.5 Å². The zero-order valence-electron chi connectivity index (χ0n) is 15.4. The molecule has 3 heteroatoms. The summed E-state index contributed by atoms with van der Waals surface area (Å²) in [7, 11) is 0. The number of rotatable bonds is 3. The molecule has 1 heterocycles. The predicted molar refractivity (Wildman–Crippen MR) is 54.8 cm³/mol. The van der Waals surface area contributed by atoms with E-state index in [-0.39, 0.29) is 12.1 Å². The lowest BCUT2D eigenvalue weighted by molar-refractivity contribution is 0.174. The van der Waals surface area contributed by atoms with E-state index < -0.39 is 26.3 Å². The van der Waals surface area contributed by atoms with Gasteiger partial charge in [0.25, 0.3) is 0 Å². The molecular weight excluding hydrogens is 178 g/mol. The number of hydrogen-bond donors (Lipinski definition) is 1. The fourth-order valence-electron chi connectivity index (χ4n) is 1.28. The van der Waals surface area contributed by atoms with E-state index in [0.29, 0.717) is 17.1 Å². The predicted octanol–water partition coefficient (Wildman–Crippen LogP) is 1.57. The van der Waals surface area contributed by atoms with Crippen LogP contribution in [0.1, 0.15) is 22.0 Å². The average molecular weight is 201 g/mol. The van der Waals surface area contributed by atoms with E-state index >= 15 is 0 Å². The summed E-state index contributed by atoms with van der Waals surface area (Å²) >= 11 is 0. The second-order valence-electron chi connectivity index (χ2n) is 2.92. The van der Waals surface area contributed by atoms with Crippen molar-refractivity contribution in [2.45, 2.75) is 19.3 Å². The Bertz CT molecular complexity index is 558. The standard InChI is InChI=1S/C11H15NO2/c1-8(12-2)5-9-3-4-10-11(6-9)14-7-13-10/h3-4,6,8,12H,5,7H2,1-2H3/i1D3,2D3,8D/hD. The molecule has 1 atom stereocenters. The van der Waals surface area contributed by atoms with Gasteiger partial charge in [-0.25, -0.2) is 0 Å². The summed E-state index contributed by atoms with van der Waals surface area (Å²) in [4.78, 5) is 0. The van der Waals surface area contributed by atoms with E-state index in [1.165, 1.54) is 12.1 Å². The van der Waals surface area contributed by atoms with E-state index in [4.69, 9.17) is 20.5 Å². The molecule has 1 aromatic rings. The van der Waals surface area contributed by atoms with Crippen LogP contribution in [0.2, 0.25) is 1.41 Å². The molecule has 3 nitrogen and oxygen atoms in total. The van der Waals surface area contributed by atoms with Crippen molar-refractivity contribution < 1.29 is 20.5 Å². The summed E-state index contributed by atoms with van der Waals surface area (Å²) in [5, 5.41) is -0.141. The van der Waals surface area contributed by atoms with Crippen molar-refractivity contribution in [3.63, 3.8) is 0 Å². The molecule has 1 N–H and O–H groups in total. The quantitative estimate of drug-likeness (QED) is 0.805. The molecule has 0 saturated carbocycles. The maximum atomic E-state index is 8.11. The van der Waals surface area contributed by atoms with Crippen LogP contribution in [0.4, 0.5) is 0 Å². The molecule has 1 aromatic carbocycles. The molecule has 0 aromatic heterocycles. The van der Waals surface area contributed by atoms with Gasteiger partial charge in [0, 0.05) is 15.6 Å².